The standard InChI is InChI=1S/C19H27NO6S/c1-14-6-3-4-10-20(14)27(22,23)18-12-15(8-9-17(18)24-2)19(21)26-13-16-7-5-11-25-16/h8-9,12,14,16H,3-7,10-11,13H2,1-2H3. The van der Waals surface area contributed by atoms with E-state index in [2.05, 4.69) is 0 Å². The van der Waals surface area contributed by atoms with E-state index in [1.807, 2.05) is 6.92 Å². The van der Waals surface area contributed by atoms with Crippen LogP contribution in [0.5, 0.6) is 5.75 Å². The predicted molar refractivity (Wildman–Crippen MR) is 99.5 cm³/mol. The highest BCUT2D eigenvalue weighted by Gasteiger charge is 2.33. The average Bonchev–Trinajstić information content (AvgIpc) is 3.19. The Morgan fingerprint density at radius 1 is 1.26 bits per heavy atom. The summed E-state index contributed by atoms with van der Waals surface area (Å²) < 4.78 is 43.9. The van der Waals surface area contributed by atoms with Gasteiger partial charge in [-0.25, -0.2) is 13.2 Å². The number of piperidine rings is 1. The first-order valence-corrected chi connectivity index (χ1v) is 10.9. The van der Waals surface area contributed by atoms with Crippen LogP contribution in [0, 0.1) is 0 Å². The molecule has 8 heteroatoms. The van der Waals surface area contributed by atoms with Crippen molar-refractivity contribution in [3.8, 4) is 5.75 Å². The van der Waals surface area contributed by atoms with Gasteiger partial charge < -0.3 is 14.2 Å². The van der Waals surface area contributed by atoms with Crippen LogP contribution in [-0.2, 0) is 19.5 Å². The van der Waals surface area contributed by atoms with E-state index in [0.717, 1.165) is 32.1 Å². The minimum atomic E-state index is -3.76. The van der Waals surface area contributed by atoms with Gasteiger partial charge in [-0.3, -0.25) is 0 Å². The molecule has 0 aromatic heterocycles. The van der Waals surface area contributed by atoms with Gasteiger partial charge in [-0.05, 0) is 50.8 Å². The molecule has 2 fully saturated rings. The first kappa shape index (κ1) is 20.1. The van der Waals surface area contributed by atoms with Crippen molar-refractivity contribution in [2.24, 2.45) is 0 Å². The molecular formula is C19H27NO6S. The predicted octanol–water partition coefficient (Wildman–Crippen LogP) is 2.59. The minimum absolute atomic E-state index is 0.00492. The van der Waals surface area contributed by atoms with Crippen LogP contribution in [0.25, 0.3) is 0 Å². The zero-order chi connectivity index (χ0) is 19.4. The summed E-state index contributed by atoms with van der Waals surface area (Å²) in [5.41, 5.74) is 0.192. The van der Waals surface area contributed by atoms with Gasteiger partial charge >= 0.3 is 5.97 Å². The fourth-order valence-corrected chi connectivity index (χ4v) is 5.47. The quantitative estimate of drug-likeness (QED) is 0.686. The van der Waals surface area contributed by atoms with Crippen molar-refractivity contribution >= 4 is 16.0 Å². The van der Waals surface area contributed by atoms with Crippen LogP contribution in [0.1, 0.15) is 49.4 Å². The molecule has 2 aliphatic heterocycles. The Morgan fingerprint density at radius 3 is 2.74 bits per heavy atom. The average molecular weight is 397 g/mol. The molecule has 0 aliphatic carbocycles. The monoisotopic (exact) mass is 397 g/mol. The number of rotatable bonds is 6. The minimum Gasteiger partial charge on any atom is -0.495 e. The lowest BCUT2D eigenvalue weighted by Gasteiger charge is -2.32. The highest BCUT2D eigenvalue weighted by Crippen LogP contribution is 2.32. The van der Waals surface area contributed by atoms with Crippen LogP contribution in [0.3, 0.4) is 0 Å². The van der Waals surface area contributed by atoms with Crippen LogP contribution < -0.4 is 4.74 Å². The van der Waals surface area contributed by atoms with Crippen LogP contribution >= 0.6 is 0 Å². The van der Waals surface area contributed by atoms with E-state index in [4.69, 9.17) is 14.2 Å². The summed E-state index contributed by atoms with van der Waals surface area (Å²) in [6, 6.07) is 4.30. The van der Waals surface area contributed by atoms with Crippen LogP contribution in [0.4, 0.5) is 0 Å². The van der Waals surface area contributed by atoms with E-state index < -0.39 is 16.0 Å². The van der Waals surface area contributed by atoms with E-state index >= 15 is 0 Å². The Labute approximate surface area is 160 Å². The number of esters is 1. The van der Waals surface area contributed by atoms with Crippen molar-refractivity contribution in [2.45, 2.75) is 56.1 Å². The molecule has 0 N–H and O–H groups in total. The Bertz CT molecular complexity index is 772. The van der Waals surface area contributed by atoms with Gasteiger partial charge in [0.1, 0.15) is 17.3 Å². The zero-order valence-electron chi connectivity index (χ0n) is 15.8. The highest BCUT2D eigenvalue weighted by molar-refractivity contribution is 7.89. The van der Waals surface area contributed by atoms with E-state index in [1.54, 1.807) is 0 Å². The molecule has 2 atom stereocenters. The third kappa shape index (κ3) is 4.44. The first-order valence-electron chi connectivity index (χ1n) is 9.42. The Hall–Kier alpha value is -1.64. The lowest BCUT2D eigenvalue weighted by Crippen LogP contribution is -2.42. The number of hydrogen-bond donors (Lipinski definition) is 0. The summed E-state index contributed by atoms with van der Waals surface area (Å²) in [6.45, 7) is 3.24. The number of benzene rings is 1. The van der Waals surface area contributed by atoms with Crippen LogP contribution in [0.15, 0.2) is 23.1 Å². The molecule has 0 saturated carbocycles. The first-order chi connectivity index (χ1) is 12.9. The number of sulfonamides is 1. The maximum Gasteiger partial charge on any atom is 0.338 e. The summed E-state index contributed by atoms with van der Waals surface area (Å²) in [5.74, 6) is -0.334. The SMILES string of the molecule is COc1ccc(C(=O)OCC2CCCO2)cc1S(=O)(=O)N1CCCCC1C. The van der Waals surface area contributed by atoms with Gasteiger partial charge in [0.2, 0.25) is 10.0 Å². The summed E-state index contributed by atoms with van der Waals surface area (Å²) in [4.78, 5) is 12.4. The van der Waals surface area contributed by atoms with Gasteiger partial charge in [-0.1, -0.05) is 6.42 Å². The molecule has 7 nitrogen and oxygen atoms in total. The highest BCUT2D eigenvalue weighted by atomic mass is 32.2. The summed E-state index contributed by atoms with van der Waals surface area (Å²) in [7, 11) is -2.34. The second-order valence-corrected chi connectivity index (χ2v) is 8.92. The van der Waals surface area contributed by atoms with Gasteiger partial charge in [0.25, 0.3) is 0 Å². The second kappa shape index (κ2) is 8.58. The van der Waals surface area contributed by atoms with E-state index in [-0.39, 0.29) is 35.0 Å². The molecule has 1 aromatic carbocycles. The maximum absolute atomic E-state index is 13.2. The summed E-state index contributed by atoms with van der Waals surface area (Å²) >= 11 is 0. The lowest BCUT2D eigenvalue weighted by molar-refractivity contribution is 0.0161. The Kier molecular flexibility index (Phi) is 6.39. The van der Waals surface area contributed by atoms with Gasteiger partial charge in [-0.15, -0.1) is 0 Å². The fraction of sp³-hybridized carbons (Fsp3) is 0.632. The second-order valence-electron chi connectivity index (χ2n) is 7.06. The van der Waals surface area contributed by atoms with Gasteiger partial charge in [0, 0.05) is 19.2 Å². The number of methoxy groups -OCH3 is 1. The number of nitrogens with zero attached hydrogens (tertiary/aromatic N) is 1. The maximum atomic E-state index is 13.2. The molecule has 2 unspecified atom stereocenters. The van der Waals surface area contributed by atoms with E-state index in [0.29, 0.717) is 13.2 Å². The molecule has 2 aliphatic rings. The van der Waals surface area contributed by atoms with Crippen molar-refractivity contribution < 1.29 is 27.4 Å². The van der Waals surface area contributed by atoms with Gasteiger partial charge in [0.15, 0.2) is 0 Å². The summed E-state index contributed by atoms with van der Waals surface area (Å²) in [6.07, 6.45) is 4.41. The molecule has 2 saturated heterocycles. The van der Waals surface area contributed by atoms with E-state index in [1.165, 1.54) is 29.6 Å². The third-order valence-electron chi connectivity index (χ3n) is 5.15. The molecule has 0 radical (unpaired) electrons. The Balaban J connectivity index is 1.83. The van der Waals surface area contributed by atoms with E-state index in [9.17, 15) is 13.2 Å². The number of carbonyl (C=O) groups excluding carboxylic acids is 1. The van der Waals surface area contributed by atoms with Gasteiger partial charge in [0.05, 0.1) is 18.8 Å². The Morgan fingerprint density at radius 2 is 2.07 bits per heavy atom. The van der Waals surface area contributed by atoms with Crippen molar-refractivity contribution in [2.75, 3.05) is 26.9 Å². The molecule has 0 spiro atoms. The fourth-order valence-electron chi connectivity index (χ4n) is 3.59. The topological polar surface area (TPSA) is 82.1 Å². The molecule has 150 valence electrons. The number of ether oxygens (including phenoxy) is 3. The smallest absolute Gasteiger partial charge is 0.338 e. The normalized spacial score (nSPS) is 23.9. The zero-order valence-corrected chi connectivity index (χ0v) is 16.7. The van der Waals surface area contributed by atoms with Crippen molar-refractivity contribution in [3.63, 3.8) is 0 Å². The third-order valence-corrected chi connectivity index (χ3v) is 7.19. The van der Waals surface area contributed by atoms with Crippen molar-refractivity contribution in [3.05, 3.63) is 23.8 Å². The van der Waals surface area contributed by atoms with Crippen molar-refractivity contribution in [1.82, 2.24) is 4.31 Å². The van der Waals surface area contributed by atoms with Crippen LogP contribution in [0.2, 0.25) is 0 Å². The molecule has 2 heterocycles. The van der Waals surface area contributed by atoms with Crippen LogP contribution in [-0.4, -0.2) is 57.7 Å². The van der Waals surface area contributed by atoms with Gasteiger partial charge in [-0.2, -0.15) is 4.31 Å². The largest absolute Gasteiger partial charge is 0.495 e. The summed E-state index contributed by atoms with van der Waals surface area (Å²) in [5, 5.41) is 0. The lowest BCUT2D eigenvalue weighted by atomic mass is 10.1. The molecular weight excluding hydrogens is 370 g/mol. The number of carbonyl (C=O) groups is 1. The number of hydrogen-bond acceptors (Lipinski definition) is 6. The van der Waals surface area contributed by atoms with Crippen molar-refractivity contribution in [1.29, 1.82) is 0 Å². The molecule has 3 rings (SSSR count). The molecule has 0 bridgehead atoms. The molecule has 0 amide bonds. The molecule has 27 heavy (non-hydrogen) atoms. The molecule has 1 aromatic rings.